The molecule has 2 rings (SSSR count). The second-order valence-electron chi connectivity index (χ2n) is 4.23. The number of halogens is 2. The lowest BCUT2D eigenvalue weighted by atomic mass is 10.1. The molecular formula is C14H12ClFN2O2. The summed E-state index contributed by atoms with van der Waals surface area (Å²) < 4.78 is 13.3. The van der Waals surface area contributed by atoms with E-state index in [1.54, 1.807) is 24.3 Å². The molecule has 1 unspecified atom stereocenters. The average molecular weight is 295 g/mol. The van der Waals surface area contributed by atoms with Crippen molar-refractivity contribution in [3.8, 4) is 5.75 Å². The molecule has 0 aliphatic carbocycles. The van der Waals surface area contributed by atoms with E-state index >= 15 is 0 Å². The molecule has 20 heavy (non-hydrogen) atoms. The van der Waals surface area contributed by atoms with Gasteiger partial charge in [-0.2, -0.15) is 0 Å². The van der Waals surface area contributed by atoms with E-state index in [0.29, 0.717) is 10.7 Å². The third-order valence-electron chi connectivity index (χ3n) is 2.68. The third-order valence-corrected chi connectivity index (χ3v) is 2.93. The van der Waals surface area contributed by atoms with E-state index in [2.05, 4.69) is 5.32 Å². The second kappa shape index (κ2) is 5.79. The van der Waals surface area contributed by atoms with Crippen LogP contribution in [0, 0.1) is 5.82 Å². The molecule has 0 heterocycles. The van der Waals surface area contributed by atoms with Crippen molar-refractivity contribution in [1.82, 2.24) is 0 Å². The largest absolute Gasteiger partial charge is 0.508 e. The number of amides is 1. The number of carbonyl (C=O) groups is 1. The van der Waals surface area contributed by atoms with Crippen LogP contribution in [-0.2, 0) is 4.79 Å². The van der Waals surface area contributed by atoms with Crippen molar-refractivity contribution in [2.75, 3.05) is 5.32 Å². The molecule has 0 saturated heterocycles. The molecule has 1 atom stereocenters. The number of nitrogens with two attached hydrogens (primary N) is 1. The van der Waals surface area contributed by atoms with Crippen LogP contribution in [0.5, 0.6) is 5.75 Å². The molecule has 4 N–H and O–H groups in total. The zero-order valence-corrected chi connectivity index (χ0v) is 11.1. The normalized spacial score (nSPS) is 11.9. The fourth-order valence-corrected chi connectivity index (χ4v) is 1.92. The van der Waals surface area contributed by atoms with Crippen LogP contribution >= 0.6 is 11.6 Å². The summed E-state index contributed by atoms with van der Waals surface area (Å²) >= 11 is 5.77. The summed E-state index contributed by atoms with van der Waals surface area (Å²) in [6.07, 6.45) is 0. The van der Waals surface area contributed by atoms with Crippen LogP contribution in [-0.4, -0.2) is 11.0 Å². The summed E-state index contributed by atoms with van der Waals surface area (Å²) in [5, 5.41) is 12.8. The first-order chi connectivity index (χ1) is 9.45. The van der Waals surface area contributed by atoms with Gasteiger partial charge in [0.25, 0.3) is 0 Å². The molecular weight excluding hydrogens is 283 g/mol. The number of carbonyl (C=O) groups excluding carboxylic acids is 1. The number of benzene rings is 2. The van der Waals surface area contributed by atoms with Crippen molar-refractivity contribution in [3.05, 3.63) is 58.9 Å². The van der Waals surface area contributed by atoms with Crippen molar-refractivity contribution in [1.29, 1.82) is 0 Å². The third kappa shape index (κ3) is 3.39. The lowest BCUT2D eigenvalue weighted by Crippen LogP contribution is -2.27. The zero-order chi connectivity index (χ0) is 14.7. The molecule has 0 radical (unpaired) electrons. The molecule has 0 aromatic heterocycles. The van der Waals surface area contributed by atoms with E-state index in [1.165, 1.54) is 6.07 Å². The Hall–Kier alpha value is -2.27. The van der Waals surface area contributed by atoms with Gasteiger partial charge in [-0.25, -0.2) is 4.39 Å². The number of phenols is 1. The van der Waals surface area contributed by atoms with Crippen molar-refractivity contribution in [2.45, 2.75) is 6.04 Å². The Bertz CT molecular complexity index is 611. The van der Waals surface area contributed by atoms with Gasteiger partial charge >= 0.3 is 0 Å². The van der Waals surface area contributed by atoms with E-state index in [0.717, 1.165) is 12.1 Å². The summed E-state index contributed by atoms with van der Waals surface area (Å²) in [5.41, 5.74) is 6.15. The van der Waals surface area contributed by atoms with Crippen LogP contribution in [0.3, 0.4) is 0 Å². The molecule has 0 aliphatic rings. The highest BCUT2D eigenvalue weighted by Gasteiger charge is 2.19. The Morgan fingerprint density at radius 3 is 2.45 bits per heavy atom. The van der Waals surface area contributed by atoms with E-state index in [1.807, 2.05) is 0 Å². The van der Waals surface area contributed by atoms with Gasteiger partial charge in [-0.05, 0) is 42.0 Å². The minimum atomic E-state index is -0.960. The second-order valence-corrected chi connectivity index (χ2v) is 4.67. The molecule has 104 valence electrons. The van der Waals surface area contributed by atoms with Crippen LogP contribution in [0.15, 0.2) is 42.5 Å². The zero-order valence-electron chi connectivity index (χ0n) is 10.3. The number of anilines is 1. The predicted octanol–water partition coefficient (Wildman–Crippen LogP) is 2.82. The summed E-state index contributed by atoms with van der Waals surface area (Å²) in [4.78, 5) is 11.5. The van der Waals surface area contributed by atoms with Crippen LogP contribution in [0.1, 0.15) is 11.6 Å². The first-order valence-electron chi connectivity index (χ1n) is 5.76. The Morgan fingerprint density at radius 2 is 1.90 bits per heavy atom. The van der Waals surface area contributed by atoms with Crippen molar-refractivity contribution in [3.63, 3.8) is 0 Å². The molecule has 0 saturated carbocycles. The minimum absolute atomic E-state index is 0.241. The van der Waals surface area contributed by atoms with Gasteiger partial charge in [0, 0.05) is 16.8 Å². The van der Waals surface area contributed by atoms with Gasteiger partial charge in [0.2, 0.25) is 5.91 Å². The van der Waals surface area contributed by atoms with Crippen LogP contribution < -0.4 is 11.1 Å². The molecule has 0 spiro atoms. The van der Waals surface area contributed by atoms with Gasteiger partial charge in [0.05, 0.1) is 0 Å². The maximum atomic E-state index is 13.3. The molecule has 4 nitrogen and oxygen atoms in total. The van der Waals surface area contributed by atoms with Crippen molar-refractivity contribution >= 4 is 23.2 Å². The number of rotatable bonds is 4. The number of hydrogen-bond donors (Lipinski definition) is 3. The lowest BCUT2D eigenvalue weighted by Gasteiger charge is -2.17. The summed E-state index contributed by atoms with van der Waals surface area (Å²) in [5.74, 6) is -1.61. The fourth-order valence-electron chi connectivity index (χ4n) is 1.79. The monoisotopic (exact) mass is 294 g/mol. The minimum Gasteiger partial charge on any atom is -0.508 e. The molecule has 6 heteroatoms. The SMILES string of the molecule is NC(=O)C(Nc1ccc(Cl)cc1)c1cc(O)cc(F)c1. The van der Waals surface area contributed by atoms with E-state index < -0.39 is 17.8 Å². The summed E-state index contributed by atoms with van der Waals surface area (Å²) in [6, 6.07) is 9.02. The number of primary amides is 1. The standard InChI is InChI=1S/C14H12ClFN2O2/c15-9-1-3-11(4-2-9)18-13(14(17)20)8-5-10(16)7-12(19)6-8/h1-7,13,18-19H,(H2,17,20). The maximum absolute atomic E-state index is 13.3. The summed E-state index contributed by atoms with van der Waals surface area (Å²) in [7, 11) is 0. The number of aromatic hydroxyl groups is 1. The van der Waals surface area contributed by atoms with Crippen molar-refractivity contribution in [2.24, 2.45) is 5.73 Å². The van der Waals surface area contributed by atoms with Gasteiger partial charge < -0.3 is 16.2 Å². The van der Waals surface area contributed by atoms with Gasteiger partial charge in [0.1, 0.15) is 17.6 Å². The number of phenolic OH excluding ortho intramolecular Hbond substituents is 1. The Morgan fingerprint density at radius 1 is 1.25 bits per heavy atom. The highest BCUT2D eigenvalue weighted by atomic mass is 35.5. The van der Waals surface area contributed by atoms with Gasteiger partial charge in [-0.3, -0.25) is 4.79 Å². The average Bonchev–Trinajstić information content (AvgIpc) is 2.36. The highest BCUT2D eigenvalue weighted by Crippen LogP contribution is 2.24. The quantitative estimate of drug-likeness (QED) is 0.811. The Kier molecular flexibility index (Phi) is 4.10. The molecule has 0 aliphatic heterocycles. The van der Waals surface area contributed by atoms with E-state index in [9.17, 15) is 14.3 Å². The Labute approximate surface area is 120 Å². The van der Waals surface area contributed by atoms with Gasteiger partial charge in [-0.15, -0.1) is 0 Å². The number of nitrogens with one attached hydrogen (secondary N) is 1. The topological polar surface area (TPSA) is 75.4 Å². The smallest absolute Gasteiger partial charge is 0.244 e. The molecule has 0 bridgehead atoms. The number of hydrogen-bond acceptors (Lipinski definition) is 3. The highest BCUT2D eigenvalue weighted by molar-refractivity contribution is 6.30. The van der Waals surface area contributed by atoms with E-state index in [-0.39, 0.29) is 11.3 Å². The lowest BCUT2D eigenvalue weighted by molar-refractivity contribution is -0.118. The molecule has 1 amide bonds. The first-order valence-corrected chi connectivity index (χ1v) is 6.14. The fraction of sp³-hybridized carbons (Fsp3) is 0.0714. The summed E-state index contributed by atoms with van der Waals surface area (Å²) in [6.45, 7) is 0. The molecule has 0 fully saturated rings. The predicted molar refractivity (Wildman–Crippen MR) is 75.1 cm³/mol. The first kappa shape index (κ1) is 14.1. The van der Waals surface area contributed by atoms with E-state index in [4.69, 9.17) is 17.3 Å². The van der Waals surface area contributed by atoms with Gasteiger partial charge in [-0.1, -0.05) is 11.6 Å². The van der Waals surface area contributed by atoms with Crippen LogP contribution in [0.25, 0.3) is 0 Å². The van der Waals surface area contributed by atoms with Crippen molar-refractivity contribution < 1.29 is 14.3 Å². The molecule has 2 aromatic carbocycles. The molecule has 2 aromatic rings. The van der Waals surface area contributed by atoms with Gasteiger partial charge in [0.15, 0.2) is 0 Å². The van der Waals surface area contributed by atoms with Crippen LogP contribution in [0.4, 0.5) is 10.1 Å². The Balaban J connectivity index is 2.31. The van der Waals surface area contributed by atoms with Crippen LogP contribution in [0.2, 0.25) is 5.02 Å². The maximum Gasteiger partial charge on any atom is 0.244 e.